The van der Waals surface area contributed by atoms with Crippen LogP contribution >= 0.6 is 22.9 Å². The molecular weight excluding hydrogens is 375 g/mol. The molecule has 4 nitrogen and oxygen atoms in total. The molecule has 3 heterocycles. The van der Waals surface area contributed by atoms with Gasteiger partial charge in [0, 0.05) is 29.4 Å². The Morgan fingerprint density at radius 1 is 1.35 bits per heavy atom. The Balaban J connectivity index is 1.93. The molecule has 0 bridgehead atoms. The van der Waals surface area contributed by atoms with Crippen molar-refractivity contribution in [2.24, 2.45) is 5.41 Å². The summed E-state index contributed by atoms with van der Waals surface area (Å²) in [5.41, 5.74) is 0.146. The van der Waals surface area contributed by atoms with E-state index in [0.717, 1.165) is 17.7 Å². The van der Waals surface area contributed by atoms with Gasteiger partial charge in [0.2, 0.25) is 0 Å². The number of thiophene rings is 1. The molecule has 0 atom stereocenters. The molecule has 2 aromatic rings. The van der Waals surface area contributed by atoms with Gasteiger partial charge in [-0.05, 0) is 37.8 Å². The highest BCUT2D eigenvalue weighted by Gasteiger charge is 2.32. The Labute approximate surface area is 162 Å². The van der Waals surface area contributed by atoms with Gasteiger partial charge in [0.15, 0.2) is 5.82 Å². The summed E-state index contributed by atoms with van der Waals surface area (Å²) in [4.78, 5) is 13.9. The molecule has 0 aromatic carbocycles. The van der Waals surface area contributed by atoms with Crippen LogP contribution in [0.1, 0.15) is 60.6 Å². The number of aryl methyl sites for hydroxylation is 1. The van der Waals surface area contributed by atoms with Crippen LogP contribution < -0.4 is 0 Å². The van der Waals surface area contributed by atoms with E-state index in [2.05, 4.69) is 5.10 Å². The van der Waals surface area contributed by atoms with Crippen LogP contribution in [0.4, 0.5) is 4.39 Å². The molecule has 1 saturated heterocycles. The normalized spacial score (nSPS) is 16.2. The standard InChI is InChI=1S/C19H24ClFN2O2S/c1-19(2,3)18(24)23-14(6-4-13-5-7-15(20)26-13)16(21)17(22-23)12-8-10-25-11-9-12/h5,7,12H,4,6,8-11H2,1-3H3. The van der Waals surface area contributed by atoms with E-state index in [-0.39, 0.29) is 17.6 Å². The van der Waals surface area contributed by atoms with Crippen molar-refractivity contribution < 1.29 is 13.9 Å². The lowest BCUT2D eigenvalue weighted by Gasteiger charge is -2.20. The second-order valence-corrected chi connectivity index (χ2v) is 9.50. The van der Waals surface area contributed by atoms with Crippen LogP contribution in [0.25, 0.3) is 0 Å². The molecule has 1 aliphatic rings. The van der Waals surface area contributed by atoms with Crippen LogP contribution in [0.2, 0.25) is 4.34 Å². The van der Waals surface area contributed by atoms with E-state index in [4.69, 9.17) is 16.3 Å². The summed E-state index contributed by atoms with van der Waals surface area (Å²) >= 11 is 7.46. The van der Waals surface area contributed by atoms with Crippen molar-refractivity contribution in [3.63, 3.8) is 0 Å². The molecule has 1 aliphatic heterocycles. The van der Waals surface area contributed by atoms with Gasteiger partial charge in [-0.1, -0.05) is 32.4 Å². The molecule has 0 N–H and O–H groups in total. The number of hydrogen-bond donors (Lipinski definition) is 0. The zero-order chi connectivity index (χ0) is 18.9. The van der Waals surface area contributed by atoms with Crippen molar-refractivity contribution in [3.8, 4) is 0 Å². The Morgan fingerprint density at radius 2 is 2.04 bits per heavy atom. The largest absolute Gasteiger partial charge is 0.381 e. The fraction of sp³-hybridized carbons (Fsp3) is 0.579. The van der Waals surface area contributed by atoms with Gasteiger partial charge in [0.05, 0.1) is 10.0 Å². The lowest BCUT2D eigenvalue weighted by Crippen LogP contribution is -2.29. The lowest BCUT2D eigenvalue weighted by molar-refractivity contribution is 0.0739. The maximum Gasteiger partial charge on any atom is 0.252 e. The van der Waals surface area contributed by atoms with Crippen molar-refractivity contribution in [3.05, 3.63) is 38.6 Å². The van der Waals surface area contributed by atoms with E-state index in [1.165, 1.54) is 16.0 Å². The highest BCUT2D eigenvalue weighted by Crippen LogP contribution is 2.31. The van der Waals surface area contributed by atoms with Gasteiger partial charge in [-0.25, -0.2) is 9.07 Å². The van der Waals surface area contributed by atoms with Gasteiger partial charge in [-0.3, -0.25) is 4.79 Å². The molecule has 1 fully saturated rings. The second-order valence-electron chi connectivity index (χ2n) is 7.71. The first kappa shape index (κ1) is 19.5. The first-order valence-corrected chi connectivity index (χ1v) is 10.1. The van der Waals surface area contributed by atoms with Gasteiger partial charge in [-0.2, -0.15) is 5.10 Å². The summed E-state index contributed by atoms with van der Waals surface area (Å²) in [5, 5.41) is 4.43. The van der Waals surface area contributed by atoms with E-state index in [9.17, 15) is 4.79 Å². The minimum absolute atomic E-state index is 0.00713. The molecule has 0 radical (unpaired) electrons. The van der Waals surface area contributed by atoms with Gasteiger partial charge in [0.1, 0.15) is 5.69 Å². The topological polar surface area (TPSA) is 44.1 Å². The Morgan fingerprint density at radius 3 is 2.62 bits per heavy atom. The molecule has 0 spiro atoms. The zero-order valence-electron chi connectivity index (χ0n) is 15.3. The van der Waals surface area contributed by atoms with E-state index < -0.39 is 5.41 Å². The van der Waals surface area contributed by atoms with Gasteiger partial charge >= 0.3 is 0 Å². The number of hydrogen-bond acceptors (Lipinski definition) is 4. The molecule has 3 rings (SSSR count). The average Bonchev–Trinajstić information content (AvgIpc) is 3.15. The first-order valence-electron chi connectivity index (χ1n) is 8.91. The molecule has 0 aliphatic carbocycles. The molecule has 2 aromatic heterocycles. The zero-order valence-corrected chi connectivity index (χ0v) is 16.9. The van der Waals surface area contributed by atoms with Crippen LogP contribution in [-0.2, 0) is 17.6 Å². The van der Waals surface area contributed by atoms with Crippen LogP contribution in [-0.4, -0.2) is 28.9 Å². The molecule has 142 valence electrons. The van der Waals surface area contributed by atoms with E-state index >= 15 is 4.39 Å². The summed E-state index contributed by atoms with van der Waals surface area (Å²) in [6.07, 6.45) is 2.51. The maximum absolute atomic E-state index is 15.2. The minimum atomic E-state index is -0.633. The number of halogens is 2. The van der Waals surface area contributed by atoms with Crippen molar-refractivity contribution in [1.82, 2.24) is 9.78 Å². The summed E-state index contributed by atoms with van der Waals surface area (Å²) in [5.74, 6) is -0.515. The highest BCUT2D eigenvalue weighted by molar-refractivity contribution is 7.16. The van der Waals surface area contributed by atoms with Gasteiger partial charge in [0.25, 0.3) is 5.91 Å². The number of carbonyl (C=O) groups excluding carboxylic acids is 1. The van der Waals surface area contributed by atoms with E-state index in [1.54, 1.807) is 0 Å². The molecule has 0 unspecified atom stereocenters. The third kappa shape index (κ3) is 4.18. The summed E-state index contributed by atoms with van der Waals surface area (Å²) in [7, 11) is 0. The molecule has 7 heteroatoms. The lowest BCUT2D eigenvalue weighted by atomic mass is 9.95. The fourth-order valence-corrected chi connectivity index (χ4v) is 4.20. The number of carbonyl (C=O) groups is 1. The average molecular weight is 399 g/mol. The smallest absolute Gasteiger partial charge is 0.252 e. The quantitative estimate of drug-likeness (QED) is 0.719. The van der Waals surface area contributed by atoms with Crippen molar-refractivity contribution >= 4 is 28.8 Å². The molecule has 26 heavy (non-hydrogen) atoms. The molecular formula is C19H24ClFN2O2S. The van der Waals surface area contributed by atoms with Gasteiger partial charge in [-0.15, -0.1) is 11.3 Å². The first-order chi connectivity index (χ1) is 12.3. The number of ether oxygens (including phenoxy) is 1. The van der Waals surface area contributed by atoms with Gasteiger partial charge < -0.3 is 4.74 Å². The number of nitrogens with zero attached hydrogens (tertiary/aromatic N) is 2. The predicted octanol–water partition coefficient (Wildman–Crippen LogP) is 5.10. The minimum Gasteiger partial charge on any atom is -0.381 e. The van der Waals surface area contributed by atoms with E-state index in [1.807, 2.05) is 32.9 Å². The molecule has 0 saturated carbocycles. The van der Waals surface area contributed by atoms with Crippen molar-refractivity contribution in [2.45, 2.75) is 52.4 Å². The SMILES string of the molecule is CC(C)(C)C(=O)n1nc(C2CCOCC2)c(F)c1CCc1ccc(Cl)s1. The second kappa shape index (κ2) is 7.79. The molecule has 0 amide bonds. The van der Waals surface area contributed by atoms with E-state index in [0.29, 0.717) is 41.8 Å². The fourth-order valence-electron chi connectivity index (χ4n) is 3.11. The summed E-state index contributed by atoms with van der Waals surface area (Å²) < 4.78 is 22.6. The number of aromatic nitrogens is 2. The summed E-state index contributed by atoms with van der Waals surface area (Å²) in [6.45, 7) is 6.68. The Bertz CT molecular complexity index is 788. The maximum atomic E-state index is 15.2. The monoisotopic (exact) mass is 398 g/mol. The van der Waals surface area contributed by atoms with Crippen LogP contribution in [0, 0.1) is 11.2 Å². The summed E-state index contributed by atoms with van der Waals surface area (Å²) in [6, 6.07) is 3.78. The van der Waals surface area contributed by atoms with Crippen molar-refractivity contribution in [2.75, 3.05) is 13.2 Å². The van der Waals surface area contributed by atoms with Crippen LogP contribution in [0.3, 0.4) is 0 Å². The Hall–Kier alpha value is -1.24. The number of rotatable bonds is 4. The predicted molar refractivity (Wildman–Crippen MR) is 102 cm³/mol. The van der Waals surface area contributed by atoms with Crippen LogP contribution in [0.5, 0.6) is 0 Å². The third-order valence-electron chi connectivity index (χ3n) is 4.62. The Kier molecular flexibility index (Phi) is 5.85. The van der Waals surface area contributed by atoms with Crippen LogP contribution in [0.15, 0.2) is 12.1 Å². The third-order valence-corrected chi connectivity index (χ3v) is 5.91. The highest BCUT2D eigenvalue weighted by atomic mass is 35.5. The van der Waals surface area contributed by atoms with Crippen molar-refractivity contribution in [1.29, 1.82) is 0 Å².